The third-order valence-electron chi connectivity index (χ3n) is 4.97. The number of benzene rings is 1. The Balaban J connectivity index is 1.64. The number of halogens is 1. The van der Waals surface area contributed by atoms with Crippen molar-refractivity contribution in [3.8, 4) is 5.88 Å². The number of aryl methyl sites for hydroxylation is 2. The maximum Gasteiger partial charge on any atom is 0.216 e. The van der Waals surface area contributed by atoms with Gasteiger partial charge in [0.25, 0.3) is 0 Å². The Bertz CT molecular complexity index is 916. The number of methoxy groups -OCH3 is 1. The number of fused-ring (bicyclic) bond motifs is 1. The fourth-order valence-corrected chi connectivity index (χ4v) is 3.94. The molecular weight excluding hydrogens is 321 g/mol. The topological polar surface area (TPSA) is 59.0 Å². The molecule has 1 atom stereocenters. The van der Waals surface area contributed by atoms with E-state index in [2.05, 4.69) is 20.0 Å². The maximum absolute atomic E-state index is 13.9. The molecule has 2 aromatic heterocycles. The van der Waals surface area contributed by atoms with Gasteiger partial charge in [-0.25, -0.2) is 14.1 Å². The lowest BCUT2D eigenvalue weighted by atomic mass is 10.1. The van der Waals surface area contributed by atoms with Crippen molar-refractivity contribution in [1.29, 1.82) is 0 Å². The van der Waals surface area contributed by atoms with Crippen LogP contribution in [-0.2, 0) is 13.6 Å². The Kier molecular flexibility index (Phi) is 3.95. The number of nitrogens with zero attached hydrogens (tertiary/aromatic N) is 4. The summed E-state index contributed by atoms with van der Waals surface area (Å²) in [5.74, 6) is 1.31. The standard InChI is InChI=1S/C18H22FN5O/c1-11-16(18(25-3)23(2)22-11)14-8-5-9-24(14)10-15-20-13-7-4-6-12(19)17(13)21-15/h4,6-7,14H,5,8-10H2,1-3H3,(H,20,21). The molecule has 1 aliphatic heterocycles. The largest absolute Gasteiger partial charge is 0.481 e. The van der Waals surface area contributed by atoms with E-state index in [1.54, 1.807) is 17.9 Å². The van der Waals surface area contributed by atoms with E-state index in [0.717, 1.165) is 47.9 Å². The molecule has 7 heteroatoms. The number of likely N-dealkylation sites (tertiary alicyclic amines) is 1. The van der Waals surface area contributed by atoms with E-state index >= 15 is 0 Å². The zero-order chi connectivity index (χ0) is 17.6. The second-order valence-corrected chi connectivity index (χ2v) is 6.58. The van der Waals surface area contributed by atoms with Crippen molar-refractivity contribution in [2.45, 2.75) is 32.4 Å². The minimum Gasteiger partial charge on any atom is -0.481 e. The first-order valence-electron chi connectivity index (χ1n) is 8.53. The van der Waals surface area contributed by atoms with Crippen molar-refractivity contribution < 1.29 is 9.13 Å². The Labute approximate surface area is 145 Å². The molecule has 3 aromatic rings. The number of para-hydroxylation sites is 1. The Morgan fingerprint density at radius 3 is 3.00 bits per heavy atom. The van der Waals surface area contributed by atoms with Crippen LogP contribution < -0.4 is 4.74 Å². The Morgan fingerprint density at radius 1 is 1.40 bits per heavy atom. The molecular formula is C18H22FN5O. The van der Waals surface area contributed by atoms with E-state index in [1.165, 1.54) is 6.07 Å². The predicted molar refractivity (Wildman–Crippen MR) is 92.9 cm³/mol. The van der Waals surface area contributed by atoms with Crippen molar-refractivity contribution >= 4 is 11.0 Å². The van der Waals surface area contributed by atoms with Gasteiger partial charge in [-0.05, 0) is 38.4 Å². The quantitative estimate of drug-likeness (QED) is 0.791. The van der Waals surface area contributed by atoms with E-state index < -0.39 is 0 Å². The Morgan fingerprint density at radius 2 is 2.24 bits per heavy atom. The summed E-state index contributed by atoms with van der Waals surface area (Å²) < 4.78 is 21.2. The molecule has 1 aliphatic rings. The van der Waals surface area contributed by atoms with E-state index in [-0.39, 0.29) is 11.9 Å². The van der Waals surface area contributed by atoms with Gasteiger partial charge in [-0.2, -0.15) is 5.10 Å². The molecule has 6 nitrogen and oxygen atoms in total. The van der Waals surface area contributed by atoms with Crippen LogP contribution in [0.3, 0.4) is 0 Å². The molecule has 1 saturated heterocycles. The molecule has 1 fully saturated rings. The lowest BCUT2D eigenvalue weighted by Crippen LogP contribution is -2.24. The zero-order valence-electron chi connectivity index (χ0n) is 14.7. The van der Waals surface area contributed by atoms with Crippen LogP contribution in [-0.4, -0.2) is 38.3 Å². The summed E-state index contributed by atoms with van der Waals surface area (Å²) in [5, 5.41) is 4.51. The molecule has 1 unspecified atom stereocenters. The first-order valence-corrected chi connectivity index (χ1v) is 8.53. The first-order chi connectivity index (χ1) is 12.1. The highest BCUT2D eigenvalue weighted by atomic mass is 19.1. The van der Waals surface area contributed by atoms with E-state index in [4.69, 9.17) is 4.74 Å². The van der Waals surface area contributed by atoms with Gasteiger partial charge in [-0.15, -0.1) is 0 Å². The summed E-state index contributed by atoms with van der Waals surface area (Å²) in [4.78, 5) is 10.1. The smallest absolute Gasteiger partial charge is 0.216 e. The van der Waals surface area contributed by atoms with Crippen LogP contribution in [0.2, 0.25) is 0 Å². The monoisotopic (exact) mass is 343 g/mol. The fourth-order valence-electron chi connectivity index (χ4n) is 3.94. The van der Waals surface area contributed by atoms with Gasteiger partial charge >= 0.3 is 0 Å². The van der Waals surface area contributed by atoms with Gasteiger partial charge in [0.2, 0.25) is 5.88 Å². The minimum atomic E-state index is -0.289. The van der Waals surface area contributed by atoms with Crippen LogP contribution in [0.4, 0.5) is 4.39 Å². The van der Waals surface area contributed by atoms with Gasteiger partial charge in [0, 0.05) is 13.1 Å². The number of aromatic nitrogens is 4. The van der Waals surface area contributed by atoms with Crippen LogP contribution in [0, 0.1) is 12.7 Å². The lowest BCUT2D eigenvalue weighted by molar-refractivity contribution is 0.236. The zero-order valence-corrected chi connectivity index (χ0v) is 14.7. The number of imidazole rings is 1. The summed E-state index contributed by atoms with van der Waals surface area (Å²) in [5.41, 5.74) is 3.28. The molecule has 132 valence electrons. The van der Waals surface area contributed by atoms with E-state index in [0.29, 0.717) is 12.1 Å². The first kappa shape index (κ1) is 16.1. The average molecular weight is 343 g/mol. The van der Waals surface area contributed by atoms with Crippen LogP contribution in [0.25, 0.3) is 11.0 Å². The molecule has 0 amide bonds. The maximum atomic E-state index is 13.9. The molecule has 4 rings (SSSR count). The average Bonchev–Trinajstić information content (AvgIpc) is 3.25. The summed E-state index contributed by atoms with van der Waals surface area (Å²) in [7, 11) is 3.58. The lowest BCUT2D eigenvalue weighted by Gasteiger charge is -2.24. The summed E-state index contributed by atoms with van der Waals surface area (Å²) >= 11 is 0. The van der Waals surface area contributed by atoms with Crippen molar-refractivity contribution in [2.75, 3.05) is 13.7 Å². The molecule has 0 aliphatic carbocycles. The molecule has 0 saturated carbocycles. The fraction of sp³-hybridized carbons (Fsp3) is 0.444. The highest BCUT2D eigenvalue weighted by molar-refractivity contribution is 5.75. The third kappa shape index (κ3) is 2.68. The third-order valence-corrected chi connectivity index (χ3v) is 4.97. The molecule has 25 heavy (non-hydrogen) atoms. The normalized spacial score (nSPS) is 18.3. The van der Waals surface area contributed by atoms with Crippen LogP contribution >= 0.6 is 0 Å². The number of ether oxygens (including phenoxy) is 1. The van der Waals surface area contributed by atoms with Crippen LogP contribution in [0.1, 0.15) is 36.0 Å². The number of H-pyrrole nitrogens is 1. The SMILES string of the molecule is COc1c(C2CCCN2Cc2nc3c(F)cccc3[nH]2)c(C)nn1C. The number of hydrogen-bond donors (Lipinski definition) is 1. The van der Waals surface area contributed by atoms with Crippen molar-refractivity contribution in [3.05, 3.63) is 41.1 Å². The van der Waals surface area contributed by atoms with Crippen molar-refractivity contribution in [2.24, 2.45) is 7.05 Å². The second-order valence-electron chi connectivity index (χ2n) is 6.58. The highest BCUT2D eigenvalue weighted by Crippen LogP contribution is 2.39. The number of aromatic amines is 1. The van der Waals surface area contributed by atoms with Crippen LogP contribution in [0.15, 0.2) is 18.2 Å². The van der Waals surface area contributed by atoms with Gasteiger partial charge in [0.15, 0.2) is 5.82 Å². The Hall–Kier alpha value is -2.41. The molecule has 1 N–H and O–H groups in total. The van der Waals surface area contributed by atoms with Crippen LogP contribution in [0.5, 0.6) is 5.88 Å². The summed E-state index contributed by atoms with van der Waals surface area (Å²) in [6.45, 7) is 3.64. The number of hydrogen-bond acceptors (Lipinski definition) is 4. The van der Waals surface area contributed by atoms with E-state index in [1.807, 2.05) is 20.0 Å². The molecule has 0 spiro atoms. The second kappa shape index (κ2) is 6.15. The van der Waals surface area contributed by atoms with Crippen molar-refractivity contribution in [3.63, 3.8) is 0 Å². The van der Waals surface area contributed by atoms with Gasteiger partial charge in [-0.3, -0.25) is 4.90 Å². The van der Waals surface area contributed by atoms with Gasteiger partial charge in [0.05, 0.1) is 30.4 Å². The minimum absolute atomic E-state index is 0.238. The molecule has 1 aromatic carbocycles. The summed E-state index contributed by atoms with van der Waals surface area (Å²) in [6.07, 6.45) is 2.16. The van der Waals surface area contributed by atoms with Gasteiger partial charge in [0.1, 0.15) is 11.3 Å². The van der Waals surface area contributed by atoms with Gasteiger partial charge in [-0.1, -0.05) is 6.07 Å². The number of rotatable bonds is 4. The molecule has 0 radical (unpaired) electrons. The number of nitrogens with one attached hydrogen (secondary N) is 1. The van der Waals surface area contributed by atoms with Crippen molar-refractivity contribution in [1.82, 2.24) is 24.6 Å². The highest BCUT2D eigenvalue weighted by Gasteiger charge is 2.32. The predicted octanol–water partition coefficient (Wildman–Crippen LogP) is 3.09. The summed E-state index contributed by atoms with van der Waals surface area (Å²) in [6, 6.07) is 5.23. The van der Waals surface area contributed by atoms with Gasteiger partial charge < -0.3 is 9.72 Å². The van der Waals surface area contributed by atoms with E-state index in [9.17, 15) is 4.39 Å². The molecule has 3 heterocycles. The molecule has 0 bridgehead atoms.